The van der Waals surface area contributed by atoms with Crippen molar-refractivity contribution in [3.63, 3.8) is 0 Å². The second kappa shape index (κ2) is 4.00. The van der Waals surface area contributed by atoms with E-state index in [2.05, 4.69) is 21.9 Å². The quantitative estimate of drug-likeness (QED) is 0.722. The van der Waals surface area contributed by atoms with Crippen LogP contribution in [0.2, 0.25) is 0 Å². The minimum absolute atomic E-state index is 0.0763. The topological polar surface area (TPSA) is 84.7 Å². The standard InChI is InChI=1S/C10H16N4O/c1-6-2-4-7(5-3-6)8-12-9(11)14-10(15)13-8/h6-7H,2-5H2,1H3,(H3,11,12,13,14,15). The second-order valence-electron chi connectivity index (χ2n) is 4.35. The molecule has 5 heteroatoms. The molecule has 0 atom stereocenters. The molecule has 0 aromatic carbocycles. The summed E-state index contributed by atoms with van der Waals surface area (Å²) in [5.41, 5.74) is 5.06. The van der Waals surface area contributed by atoms with Gasteiger partial charge in [-0.3, -0.25) is 4.98 Å². The first-order valence-corrected chi connectivity index (χ1v) is 5.39. The number of nitrogens with two attached hydrogens (primary N) is 1. The van der Waals surface area contributed by atoms with Crippen LogP contribution in [0.4, 0.5) is 5.95 Å². The van der Waals surface area contributed by atoms with Gasteiger partial charge in [0.15, 0.2) is 0 Å². The molecule has 0 saturated heterocycles. The predicted molar refractivity (Wildman–Crippen MR) is 57.4 cm³/mol. The molecule has 1 aromatic rings. The lowest BCUT2D eigenvalue weighted by atomic mass is 9.82. The Labute approximate surface area is 88.1 Å². The van der Waals surface area contributed by atoms with Crippen LogP contribution in [0.15, 0.2) is 4.79 Å². The average Bonchev–Trinajstić information content (AvgIpc) is 2.17. The van der Waals surface area contributed by atoms with Crippen molar-refractivity contribution >= 4 is 5.95 Å². The van der Waals surface area contributed by atoms with Gasteiger partial charge in [0.1, 0.15) is 5.82 Å². The summed E-state index contributed by atoms with van der Waals surface area (Å²) in [6.45, 7) is 2.26. The lowest BCUT2D eigenvalue weighted by Crippen LogP contribution is -2.21. The zero-order valence-electron chi connectivity index (χ0n) is 8.86. The Hall–Kier alpha value is -1.39. The van der Waals surface area contributed by atoms with Crippen LogP contribution in [0.1, 0.15) is 44.3 Å². The van der Waals surface area contributed by atoms with Crippen LogP contribution in [0, 0.1) is 5.92 Å². The third-order valence-corrected chi connectivity index (χ3v) is 3.09. The molecule has 1 saturated carbocycles. The third-order valence-electron chi connectivity index (χ3n) is 3.09. The zero-order valence-corrected chi connectivity index (χ0v) is 8.86. The molecule has 82 valence electrons. The molecule has 1 fully saturated rings. The fourth-order valence-electron chi connectivity index (χ4n) is 2.14. The summed E-state index contributed by atoms with van der Waals surface area (Å²) < 4.78 is 0. The molecule has 0 bridgehead atoms. The number of anilines is 1. The molecule has 1 aromatic heterocycles. The molecular formula is C10H16N4O. The highest BCUT2D eigenvalue weighted by molar-refractivity contribution is 5.14. The molecule has 0 amide bonds. The van der Waals surface area contributed by atoms with Gasteiger partial charge in [-0.15, -0.1) is 0 Å². The zero-order chi connectivity index (χ0) is 10.8. The summed E-state index contributed by atoms with van der Waals surface area (Å²) in [6, 6.07) is 0. The van der Waals surface area contributed by atoms with E-state index in [4.69, 9.17) is 5.73 Å². The smallest absolute Gasteiger partial charge is 0.349 e. The Kier molecular flexibility index (Phi) is 2.70. The van der Waals surface area contributed by atoms with Crippen LogP contribution in [0.25, 0.3) is 0 Å². The molecule has 1 aliphatic rings. The van der Waals surface area contributed by atoms with Crippen LogP contribution in [0.5, 0.6) is 0 Å². The number of nitrogens with zero attached hydrogens (tertiary/aromatic N) is 2. The van der Waals surface area contributed by atoms with Gasteiger partial charge in [0, 0.05) is 5.92 Å². The molecular weight excluding hydrogens is 192 g/mol. The number of rotatable bonds is 1. The van der Waals surface area contributed by atoms with Gasteiger partial charge in [0.25, 0.3) is 0 Å². The molecule has 5 nitrogen and oxygen atoms in total. The second-order valence-corrected chi connectivity index (χ2v) is 4.35. The highest BCUT2D eigenvalue weighted by Crippen LogP contribution is 2.33. The van der Waals surface area contributed by atoms with Crippen LogP contribution in [-0.4, -0.2) is 15.0 Å². The lowest BCUT2D eigenvalue weighted by Gasteiger charge is -2.25. The maximum Gasteiger partial charge on any atom is 0.349 e. The highest BCUT2D eigenvalue weighted by Gasteiger charge is 2.21. The van der Waals surface area contributed by atoms with Gasteiger partial charge in [-0.1, -0.05) is 19.8 Å². The molecule has 0 unspecified atom stereocenters. The van der Waals surface area contributed by atoms with Gasteiger partial charge in [-0.25, -0.2) is 4.79 Å². The number of nitrogen functional groups attached to an aromatic ring is 1. The molecule has 1 aliphatic carbocycles. The Bertz CT molecular complexity index is 393. The maximum atomic E-state index is 11.1. The third kappa shape index (κ3) is 2.34. The van der Waals surface area contributed by atoms with Crippen LogP contribution < -0.4 is 11.4 Å². The molecule has 1 heterocycles. The first kappa shape index (κ1) is 10.1. The monoisotopic (exact) mass is 208 g/mol. The molecule has 0 aliphatic heterocycles. The van der Waals surface area contributed by atoms with Crippen molar-refractivity contribution in [1.82, 2.24) is 15.0 Å². The summed E-state index contributed by atoms with van der Waals surface area (Å²) in [7, 11) is 0. The Morgan fingerprint density at radius 1 is 1.27 bits per heavy atom. The van der Waals surface area contributed by atoms with E-state index in [1.165, 1.54) is 12.8 Å². The van der Waals surface area contributed by atoms with Crippen molar-refractivity contribution in [1.29, 1.82) is 0 Å². The largest absolute Gasteiger partial charge is 0.368 e. The number of aromatic nitrogens is 3. The van der Waals surface area contributed by atoms with E-state index in [1.54, 1.807) is 0 Å². The Morgan fingerprint density at radius 3 is 2.53 bits per heavy atom. The number of aromatic amines is 1. The van der Waals surface area contributed by atoms with E-state index in [-0.39, 0.29) is 5.95 Å². The maximum absolute atomic E-state index is 11.1. The van der Waals surface area contributed by atoms with E-state index in [1.807, 2.05) is 0 Å². The molecule has 2 rings (SSSR count). The molecule has 3 N–H and O–H groups in total. The summed E-state index contributed by atoms with van der Waals surface area (Å²) in [5, 5.41) is 0. The summed E-state index contributed by atoms with van der Waals surface area (Å²) in [5.74, 6) is 1.91. The van der Waals surface area contributed by atoms with Crippen molar-refractivity contribution in [3.05, 3.63) is 16.3 Å². The van der Waals surface area contributed by atoms with Crippen molar-refractivity contribution in [3.8, 4) is 0 Å². The molecule has 0 spiro atoms. The van der Waals surface area contributed by atoms with E-state index >= 15 is 0 Å². The summed E-state index contributed by atoms with van der Waals surface area (Å²) in [6.07, 6.45) is 4.54. The van der Waals surface area contributed by atoms with Gasteiger partial charge < -0.3 is 5.73 Å². The van der Waals surface area contributed by atoms with Crippen LogP contribution in [-0.2, 0) is 0 Å². The first-order chi connectivity index (χ1) is 7.15. The minimum atomic E-state index is -0.392. The highest BCUT2D eigenvalue weighted by atomic mass is 16.1. The van der Waals surface area contributed by atoms with E-state index < -0.39 is 5.69 Å². The van der Waals surface area contributed by atoms with Crippen molar-refractivity contribution in [2.75, 3.05) is 5.73 Å². The van der Waals surface area contributed by atoms with Gasteiger partial charge in [-0.2, -0.15) is 9.97 Å². The van der Waals surface area contributed by atoms with Crippen molar-refractivity contribution < 1.29 is 0 Å². The number of hydrogen-bond acceptors (Lipinski definition) is 4. The van der Waals surface area contributed by atoms with Crippen molar-refractivity contribution in [2.24, 2.45) is 5.92 Å². The van der Waals surface area contributed by atoms with Gasteiger partial charge in [-0.05, 0) is 18.8 Å². The van der Waals surface area contributed by atoms with Crippen LogP contribution >= 0.6 is 0 Å². The SMILES string of the molecule is CC1CCC(c2nc(N)nc(=O)[nH]2)CC1. The van der Waals surface area contributed by atoms with E-state index in [9.17, 15) is 4.79 Å². The summed E-state index contributed by atoms with van der Waals surface area (Å²) >= 11 is 0. The minimum Gasteiger partial charge on any atom is -0.368 e. The van der Waals surface area contributed by atoms with Gasteiger partial charge in [0.05, 0.1) is 0 Å². The van der Waals surface area contributed by atoms with Crippen molar-refractivity contribution in [2.45, 2.75) is 38.5 Å². The first-order valence-electron chi connectivity index (χ1n) is 5.39. The lowest BCUT2D eigenvalue weighted by molar-refractivity contribution is 0.339. The van der Waals surface area contributed by atoms with Gasteiger partial charge >= 0.3 is 5.69 Å². The van der Waals surface area contributed by atoms with Crippen LogP contribution in [0.3, 0.4) is 0 Å². The molecule has 15 heavy (non-hydrogen) atoms. The fraction of sp³-hybridized carbons (Fsp3) is 0.700. The summed E-state index contributed by atoms with van der Waals surface area (Å²) in [4.78, 5) is 21.4. The number of hydrogen-bond donors (Lipinski definition) is 2. The fourth-order valence-corrected chi connectivity index (χ4v) is 2.14. The Balaban J connectivity index is 2.19. The van der Waals surface area contributed by atoms with E-state index in [0.29, 0.717) is 11.7 Å². The number of H-pyrrole nitrogens is 1. The van der Waals surface area contributed by atoms with Gasteiger partial charge in [0.2, 0.25) is 5.95 Å². The number of nitrogens with one attached hydrogen (secondary N) is 1. The predicted octanol–water partition coefficient (Wildman–Crippen LogP) is 1.04. The average molecular weight is 208 g/mol. The Morgan fingerprint density at radius 2 is 1.93 bits per heavy atom. The molecule has 0 radical (unpaired) electrons. The normalized spacial score (nSPS) is 26.5. The van der Waals surface area contributed by atoms with E-state index in [0.717, 1.165) is 18.8 Å².